The predicted octanol–water partition coefficient (Wildman–Crippen LogP) is 5.22. The highest BCUT2D eigenvalue weighted by atomic mass is 19.4. The minimum Gasteiger partial charge on any atom is -0.370 e. The van der Waals surface area contributed by atoms with Gasteiger partial charge in [-0.2, -0.15) is 13.2 Å². The monoisotopic (exact) mass is 338 g/mol. The number of nitrogens with zero attached hydrogens (tertiary/aromatic N) is 1. The number of hydrogen-bond donors (Lipinski definition) is 1. The first-order chi connectivity index (χ1) is 11.4. The van der Waals surface area contributed by atoms with E-state index in [2.05, 4.69) is 17.2 Å². The summed E-state index contributed by atoms with van der Waals surface area (Å²) in [5.74, 6) is 5.56. The van der Waals surface area contributed by atoms with Crippen LogP contribution in [0.5, 0.6) is 0 Å². The summed E-state index contributed by atoms with van der Waals surface area (Å²) >= 11 is 0. The van der Waals surface area contributed by atoms with Gasteiger partial charge in [0, 0.05) is 12.7 Å². The highest BCUT2D eigenvalue weighted by molar-refractivity contribution is 5.36. The van der Waals surface area contributed by atoms with Crippen molar-refractivity contribution in [1.82, 2.24) is 4.98 Å². The molecule has 0 radical (unpaired) electrons. The van der Waals surface area contributed by atoms with Gasteiger partial charge in [0.15, 0.2) is 0 Å². The van der Waals surface area contributed by atoms with Crippen molar-refractivity contribution in [3.8, 4) is 0 Å². The van der Waals surface area contributed by atoms with Crippen LogP contribution < -0.4 is 5.32 Å². The molecule has 1 aromatic rings. The van der Waals surface area contributed by atoms with Crippen molar-refractivity contribution in [2.75, 3.05) is 11.9 Å². The van der Waals surface area contributed by atoms with E-state index in [-0.39, 0.29) is 0 Å². The van der Waals surface area contributed by atoms with Crippen molar-refractivity contribution in [3.63, 3.8) is 0 Å². The van der Waals surface area contributed by atoms with Crippen molar-refractivity contribution in [3.05, 3.63) is 23.9 Å². The van der Waals surface area contributed by atoms with Crippen LogP contribution in [0.1, 0.15) is 44.6 Å². The van der Waals surface area contributed by atoms with Crippen LogP contribution in [0, 0.1) is 35.5 Å². The van der Waals surface area contributed by atoms with Crippen molar-refractivity contribution in [2.45, 2.75) is 45.2 Å². The molecule has 0 saturated heterocycles. The van der Waals surface area contributed by atoms with Gasteiger partial charge < -0.3 is 5.32 Å². The maximum atomic E-state index is 12.6. The Bertz CT molecular complexity index is 553. The van der Waals surface area contributed by atoms with Crippen LogP contribution >= 0.6 is 0 Å². The quantitative estimate of drug-likeness (QED) is 0.814. The Morgan fingerprint density at radius 3 is 2.21 bits per heavy atom. The number of rotatable bonds is 4. The minimum absolute atomic E-state index is 0.540. The van der Waals surface area contributed by atoms with Crippen molar-refractivity contribution < 1.29 is 13.2 Å². The second-order valence-electron chi connectivity index (χ2n) is 8.30. The van der Waals surface area contributed by atoms with Gasteiger partial charge in [0.1, 0.15) is 5.82 Å². The van der Waals surface area contributed by atoms with Gasteiger partial charge in [-0.3, -0.25) is 0 Å². The fraction of sp³-hybridized carbons (Fsp3) is 0.737. The van der Waals surface area contributed by atoms with Crippen LogP contribution in [0.4, 0.5) is 19.0 Å². The summed E-state index contributed by atoms with van der Waals surface area (Å²) in [5.41, 5.74) is -0.692. The molecule has 0 aliphatic heterocycles. The van der Waals surface area contributed by atoms with E-state index in [9.17, 15) is 13.2 Å². The Balaban J connectivity index is 1.36. The Hall–Kier alpha value is -1.26. The molecule has 132 valence electrons. The molecule has 0 aromatic carbocycles. The normalized spacial score (nSPS) is 35.9. The second-order valence-corrected chi connectivity index (χ2v) is 8.30. The summed E-state index contributed by atoms with van der Waals surface area (Å²) in [6.07, 6.45) is 3.67. The van der Waals surface area contributed by atoms with E-state index < -0.39 is 11.7 Å². The maximum absolute atomic E-state index is 12.6. The summed E-state index contributed by atoms with van der Waals surface area (Å²) < 4.78 is 37.7. The second kappa shape index (κ2) is 5.92. The van der Waals surface area contributed by atoms with E-state index in [1.807, 2.05) is 0 Å². The third-order valence-corrected chi connectivity index (χ3v) is 6.65. The summed E-state index contributed by atoms with van der Waals surface area (Å²) in [6.45, 7) is 3.09. The zero-order chi connectivity index (χ0) is 16.9. The third-order valence-electron chi connectivity index (χ3n) is 6.65. The molecule has 1 aromatic heterocycles. The molecular formula is C19H25F3N2. The Kier molecular flexibility index (Phi) is 4.00. The average Bonchev–Trinajstić information content (AvgIpc) is 2.51. The minimum atomic E-state index is -4.32. The molecule has 0 spiro atoms. The first kappa shape index (κ1) is 16.2. The smallest absolute Gasteiger partial charge is 0.370 e. The zero-order valence-electron chi connectivity index (χ0n) is 14.0. The third kappa shape index (κ3) is 3.02. The lowest BCUT2D eigenvalue weighted by atomic mass is 9.50. The molecule has 24 heavy (non-hydrogen) atoms. The molecule has 0 amide bonds. The van der Waals surface area contributed by atoms with E-state index in [1.54, 1.807) is 0 Å². The lowest BCUT2D eigenvalue weighted by Crippen LogP contribution is -2.48. The lowest BCUT2D eigenvalue weighted by molar-refractivity contribution is -0.137. The molecule has 1 unspecified atom stereocenters. The van der Waals surface area contributed by atoms with Gasteiger partial charge in [-0.25, -0.2) is 4.98 Å². The molecule has 2 nitrogen and oxygen atoms in total. The molecule has 4 fully saturated rings. The molecule has 4 bridgehead atoms. The number of nitrogens with one attached hydrogen (secondary N) is 1. The van der Waals surface area contributed by atoms with Gasteiger partial charge in [0.05, 0.1) is 5.56 Å². The van der Waals surface area contributed by atoms with E-state index in [0.29, 0.717) is 11.7 Å². The van der Waals surface area contributed by atoms with Crippen molar-refractivity contribution >= 4 is 5.82 Å². The fourth-order valence-corrected chi connectivity index (χ4v) is 5.96. The first-order valence-corrected chi connectivity index (χ1v) is 9.17. The Morgan fingerprint density at radius 2 is 1.71 bits per heavy atom. The van der Waals surface area contributed by atoms with Crippen LogP contribution in [0.3, 0.4) is 0 Å². The predicted molar refractivity (Wildman–Crippen MR) is 87.4 cm³/mol. The molecule has 1 N–H and O–H groups in total. The van der Waals surface area contributed by atoms with Crippen molar-refractivity contribution in [1.29, 1.82) is 0 Å². The molecule has 5 rings (SSSR count). The van der Waals surface area contributed by atoms with Gasteiger partial charge in [0.2, 0.25) is 0 Å². The Labute approximate surface area is 141 Å². The fourth-order valence-electron chi connectivity index (χ4n) is 5.96. The van der Waals surface area contributed by atoms with E-state index >= 15 is 0 Å². The summed E-state index contributed by atoms with van der Waals surface area (Å²) in [6, 6.07) is 2.54. The molecule has 4 saturated carbocycles. The highest BCUT2D eigenvalue weighted by Crippen LogP contribution is 2.58. The topological polar surface area (TPSA) is 24.9 Å². The summed E-state index contributed by atoms with van der Waals surface area (Å²) in [5, 5.41) is 3.25. The number of anilines is 1. The highest BCUT2D eigenvalue weighted by Gasteiger charge is 2.49. The first-order valence-electron chi connectivity index (χ1n) is 9.17. The van der Waals surface area contributed by atoms with Gasteiger partial charge >= 0.3 is 6.18 Å². The largest absolute Gasteiger partial charge is 0.417 e. The molecule has 1 heterocycles. The van der Waals surface area contributed by atoms with Gasteiger partial charge in [-0.05, 0) is 79.7 Å². The maximum Gasteiger partial charge on any atom is 0.417 e. The SMILES string of the molecule is CC(CNc1ccc(C(F)(F)F)cn1)C1C2CC3CC(C2)CC1C3. The number of hydrogen-bond acceptors (Lipinski definition) is 2. The van der Waals surface area contributed by atoms with E-state index in [0.717, 1.165) is 48.4 Å². The van der Waals surface area contributed by atoms with Crippen LogP contribution in [-0.2, 0) is 6.18 Å². The number of aromatic nitrogens is 1. The van der Waals surface area contributed by atoms with Crippen LogP contribution in [-0.4, -0.2) is 11.5 Å². The van der Waals surface area contributed by atoms with Gasteiger partial charge in [0.25, 0.3) is 0 Å². The van der Waals surface area contributed by atoms with Gasteiger partial charge in [-0.1, -0.05) is 6.92 Å². The lowest BCUT2D eigenvalue weighted by Gasteiger charge is -2.56. The van der Waals surface area contributed by atoms with Crippen LogP contribution in [0.2, 0.25) is 0 Å². The molecular weight excluding hydrogens is 313 g/mol. The van der Waals surface area contributed by atoms with E-state index in [4.69, 9.17) is 0 Å². The molecule has 5 heteroatoms. The standard InChI is InChI=1S/C19H25F3N2/c1-11(9-23-17-3-2-16(10-24-17)19(20,21)22)18-14-5-12-4-13(7-14)8-15(18)6-12/h2-3,10-15,18H,4-9H2,1H3,(H,23,24). The molecule has 4 aliphatic carbocycles. The summed E-state index contributed by atoms with van der Waals surface area (Å²) in [4.78, 5) is 3.92. The van der Waals surface area contributed by atoms with Crippen LogP contribution in [0.25, 0.3) is 0 Å². The number of pyridine rings is 1. The van der Waals surface area contributed by atoms with Crippen molar-refractivity contribution in [2.24, 2.45) is 35.5 Å². The van der Waals surface area contributed by atoms with E-state index in [1.165, 1.54) is 38.2 Å². The molecule has 4 aliphatic rings. The van der Waals surface area contributed by atoms with Crippen LogP contribution in [0.15, 0.2) is 18.3 Å². The summed E-state index contributed by atoms with van der Waals surface area (Å²) in [7, 11) is 0. The number of alkyl halides is 3. The molecule has 1 atom stereocenters. The average molecular weight is 338 g/mol. The zero-order valence-corrected chi connectivity index (χ0v) is 14.0. The van der Waals surface area contributed by atoms with Gasteiger partial charge in [-0.15, -0.1) is 0 Å². The number of halogens is 3. The Morgan fingerprint density at radius 1 is 1.08 bits per heavy atom.